The van der Waals surface area contributed by atoms with Crippen molar-refractivity contribution < 1.29 is 4.79 Å². The Morgan fingerprint density at radius 2 is 2.16 bits per heavy atom. The highest BCUT2D eigenvalue weighted by Gasteiger charge is 2.06. The molecule has 2 aromatic rings. The molecule has 3 N–H and O–H groups in total. The van der Waals surface area contributed by atoms with E-state index in [0.717, 1.165) is 22.8 Å². The maximum atomic E-state index is 11.5. The molecule has 1 aromatic heterocycles. The first kappa shape index (κ1) is 13.1. The van der Waals surface area contributed by atoms with Crippen molar-refractivity contribution in [2.24, 2.45) is 0 Å². The molecule has 0 atom stereocenters. The normalized spacial score (nSPS) is 10.2. The fraction of sp³-hybridized carbons (Fsp3) is 0.286. The van der Waals surface area contributed by atoms with Gasteiger partial charge in [0.2, 0.25) is 5.91 Å². The molecule has 1 amide bonds. The smallest absolute Gasteiger partial charge is 0.224 e. The number of amides is 1. The highest BCUT2D eigenvalue weighted by molar-refractivity contribution is 5.80. The number of aryl methyl sites for hydroxylation is 1. The lowest BCUT2D eigenvalue weighted by Gasteiger charge is -2.10. The molecule has 19 heavy (non-hydrogen) atoms. The zero-order chi connectivity index (χ0) is 13.7. The largest absolute Gasteiger partial charge is 0.379 e. The third kappa shape index (κ3) is 3.58. The van der Waals surface area contributed by atoms with E-state index in [2.05, 4.69) is 20.6 Å². The number of hydrogen-bond acceptors (Lipinski definition) is 3. The number of hydrogen-bond donors (Lipinski definition) is 3. The molecule has 0 aliphatic heterocycles. The Bertz CT molecular complexity index is 562. The SMILES string of the molecule is CNC(=O)Cc1ccccc1NCc1cnc(C)[nH]1. The first-order valence-electron chi connectivity index (χ1n) is 6.22. The van der Waals surface area contributed by atoms with Gasteiger partial charge in [-0.25, -0.2) is 4.98 Å². The third-order valence-corrected chi connectivity index (χ3v) is 2.87. The predicted octanol–water partition coefficient (Wildman–Crippen LogP) is 1.62. The minimum absolute atomic E-state index is 0.00614. The van der Waals surface area contributed by atoms with Crippen LogP contribution in [0.15, 0.2) is 30.5 Å². The van der Waals surface area contributed by atoms with E-state index >= 15 is 0 Å². The molecule has 0 fully saturated rings. The molecule has 2 rings (SSSR count). The Labute approximate surface area is 112 Å². The van der Waals surface area contributed by atoms with Gasteiger partial charge in [-0.3, -0.25) is 4.79 Å². The summed E-state index contributed by atoms with van der Waals surface area (Å²) in [5, 5.41) is 5.96. The number of carbonyl (C=O) groups is 1. The van der Waals surface area contributed by atoms with Gasteiger partial charge in [-0.15, -0.1) is 0 Å². The molecule has 0 aliphatic carbocycles. The summed E-state index contributed by atoms with van der Waals surface area (Å²) in [6.07, 6.45) is 2.19. The number of H-pyrrole nitrogens is 1. The summed E-state index contributed by atoms with van der Waals surface area (Å²) in [5.41, 5.74) is 2.98. The van der Waals surface area contributed by atoms with E-state index in [9.17, 15) is 4.79 Å². The van der Waals surface area contributed by atoms with Gasteiger partial charge in [0, 0.05) is 12.7 Å². The van der Waals surface area contributed by atoms with Gasteiger partial charge in [0.15, 0.2) is 0 Å². The van der Waals surface area contributed by atoms with Crippen LogP contribution in [0.1, 0.15) is 17.1 Å². The van der Waals surface area contributed by atoms with Crippen LogP contribution in [0.25, 0.3) is 0 Å². The summed E-state index contributed by atoms with van der Waals surface area (Å²) in [4.78, 5) is 18.8. The van der Waals surface area contributed by atoms with E-state index in [1.807, 2.05) is 37.4 Å². The van der Waals surface area contributed by atoms with Crippen molar-refractivity contribution in [3.05, 3.63) is 47.5 Å². The molecular weight excluding hydrogens is 240 g/mol. The topological polar surface area (TPSA) is 69.8 Å². The second kappa shape index (κ2) is 6.04. The number of nitrogens with one attached hydrogen (secondary N) is 3. The van der Waals surface area contributed by atoms with Crippen LogP contribution in [0, 0.1) is 6.92 Å². The van der Waals surface area contributed by atoms with Gasteiger partial charge in [0.25, 0.3) is 0 Å². The van der Waals surface area contributed by atoms with E-state index in [-0.39, 0.29) is 5.91 Å². The summed E-state index contributed by atoms with van der Waals surface area (Å²) in [7, 11) is 1.64. The van der Waals surface area contributed by atoms with Crippen molar-refractivity contribution in [1.82, 2.24) is 15.3 Å². The van der Waals surface area contributed by atoms with E-state index < -0.39 is 0 Å². The summed E-state index contributed by atoms with van der Waals surface area (Å²) in [6, 6.07) is 7.81. The van der Waals surface area contributed by atoms with Crippen LogP contribution in [0.3, 0.4) is 0 Å². The number of anilines is 1. The molecular formula is C14H18N4O. The maximum absolute atomic E-state index is 11.5. The molecule has 0 bridgehead atoms. The lowest BCUT2D eigenvalue weighted by Crippen LogP contribution is -2.20. The molecule has 0 saturated carbocycles. The Morgan fingerprint density at radius 3 is 2.84 bits per heavy atom. The van der Waals surface area contributed by atoms with Crippen LogP contribution in [0.4, 0.5) is 5.69 Å². The van der Waals surface area contributed by atoms with Crippen molar-refractivity contribution in [1.29, 1.82) is 0 Å². The number of para-hydroxylation sites is 1. The second-order valence-electron chi connectivity index (χ2n) is 4.35. The molecule has 0 radical (unpaired) electrons. The number of rotatable bonds is 5. The number of likely N-dealkylation sites (N-methyl/N-ethyl adjacent to an activating group) is 1. The second-order valence-corrected chi connectivity index (χ2v) is 4.35. The Kier molecular flexibility index (Phi) is 4.18. The van der Waals surface area contributed by atoms with E-state index in [0.29, 0.717) is 13.0 Å². The van der Waals surface area contributed by atoms with Crippen molar-refractivity contribution in [3.63, 3.8) is 0 Å². The molecule has 1 aromatic carbocycles. The summed E-state index contributed by atoms with van der Waals surface area (Å²) < 4.78 is 0. The van der Waals surface area contributed by atoms with Crippen molar-refractivity contribution >= 4 is 11.6 Å². The molecule has 100 valence electrons. The van der Waals surface area contributed by atoms with Gasteiger partial charge in [-0.05, 0) is 18.6 Å². The molecule has 0 saturated heterocycles. The minimum Gasteiger partial charge on any atom is -0.379 e. The standard InChI is InChI=1S/C14H18N4O/c1-10-16-8-12(18-10)9-17-13-6-4-3-5-11(13)7-14(19)15-2/h3-6,8,17H,7,9H2,1-2H3,(H,15,19)(H,16,18). The van der Waals surface area contributed by atoms with Crippen LogP contribution in [0.2, 0.25) is 0 Å². The van der Waals surface area contributed by atoms with Gasteiger partial charge in [-0.2, -0.15) is 0 Å². The number of imidazole rings is 1. The monoisotopic (exact) mass is 258 g/mol. The average molecular weight is 258 g/mol. The van der Waals surface area contributed by atoms with Gasteiger partial charge >= 0.3 is 0 Å². The van der Waals surface area contributed by atoms with Crippen molar-refractivity contribution in [2.45, 2.75) is 19.9 Å². The lowest BCUT2D eigenvalue weighted by molar-refractivity contribution is -0.119. The predicted molar refractivity (Wildman–Crippen MR) is 74.9 cm³/mol. The molecule has 5 heteroatoms. The first-order chi connectivity index (χ1) is 9.19. The summed E-state index contributed by atoms with van der Waals surface area (Å²) in [6.45, 7) is 2.58. The van der Waals surface area contributed by atoms with Gasteiger partial charge in [0.05, 0.1) is 24.9 Å². The Hall–Kier alpha value is -2.30. The number of nitrogens with zero attached hydrogens (tertiary/aromatic N) is 1. The number of aromatic nitrogens is 2. The van der Waals surface area contributed by atoms with E-state index in [1.165, 1.54) is 0 Å². The summed E-state index contributed by atoms with van der Waals surface area (Å²) >= 11 is 0. The summed E-state index contributed by atoms with van der Waals surface area (Å²) in [5.74, 6) is 0.905. The number of benzene rings is 1. The van der Waals surface area contributed by atoms with Crippen molar-refractivity contribution in [2.75, 3.05) is 12.4 Å². The fourth-order valence-electron chi connectivity index (χ4n) is 1.86. The molecule has 5 nitrogen and oxygen atoms in total. The molecule has 1 heterocycles. The number of aromatic amines is 1. The van der Waals surface area contributed by atoms with E-state index in [4.69, 9.17) is 0 Å². The maximum Gasteiger partial charge on any atom is 0.224 e. The third-order valence-electron chi connectivity index (χ3n) is 2.87. The quantitative estimate of drug-likeness (QED) is 0.763. The Balaban J connectivity index is 2.05. The van der Waals surface area contributed by atoms with Crippen LogP contribution in [-0.4, -0.2) is 22.9 Å². The molecule has 0 aliphatic rings. The molecule has 0 spiro atoms. The lowest BCUT2D eigenvalue weighted by atomic mass is 10.1. The highest BCUT2D eigenvalue weighted by atomic mass is 16.1. The van der Waals surface area contributed by atoms with Crippen LogP contribution < -0.4 is 10.6 Å². The zero-order valence-electron chi connectivity index (χ0n) is 11.2. The van der Waals surface area contributed by atoms with Gasteiger partial charge in [0.1, 0.15) is 5.82 Å². The molecule has 0 unspecified atom stereocenters. The zero-order valence-corrected chi connectivity index (χ0v) is 11.2. The average Bonchev–Trinajstić information content (AvgIpc) is 2.83. The van der Waals surface area contributed by atoms with Gasteiger partial charge < -0.3 is 15.6 Å². The van der Waals surface area contributed by atoms with E-state index in [1.54, 1.807) is 7.05 Å². The first-order valence-corrected chi connectivity index (χ1v) is 6.22. The highest BCUT2D eigenvalue weighted by Crippen LogP contribution is 2.16. The van der Waals surface area contributed by atoms with Crippen molar-refractivity contribution in [3.8, 4) is 0 Å². The van der Waals surface area contributed by atoms with Crippen LogP contribution in [0.5, 0.6) is 0 Å². The Morgan fingerprint density at radius 1 is 1.37 bits per heavy atom. The van der Waals surface area contributed by atoms with Crippen LogP contribution in [-0.2, 0) is 17.8 Å². The minimum atomic E-state index is 0.00614. The number of carbonyl (C=O) groups excluding carboxylic acids is 1. The van der Waals surface area contributed by atoms with Crippen LogP contribution >= 0.6 is 0 Å². The fourth-order valence-corrected chi connectivity index (χ4v) is 1.86. The van der Waals surface area contributed by atoms with Gasteiger partial charge in [-0.1, -0.05) is 18.2 Å².